The zero-order valence-corrected chi connectivity index (χ0v) is 14.2. The molecule has 4 nitrogen and oxygen atoms in total. The van der Waals surface area contributed by atoms with Crippen LogP contribution in [0.15, 0.2) is 24.3 Å². The highest BCUT2D eigenvalue weighted by Crippen LogP contribution is 2.34. The lowest BCUT2D eigenvalue weighted by Gasteiger charge is -2.23. The minimum atomic E-state index is 0.902. The second kappa shape index (κ2) is 6.28. The van der Waals surface area contributed by atoms with Crippen molar-refractivity contribution < 1.29 is 9.47 Å². The van der Waals surface area contributed by atoms with Gasteiger partial charge in [0.25, 0.3) is 0 Å². The molecule has 0 aliphatic heterocycles. The van der Waals surface area contributed by atoms with Crippen molar-refractivity contribution in [1.29, 1.82) is 0 Å². The Kier molecular flexibility index (Phi) is 4.62. The van der Waals surface area contributed by atoms with Gasteiger partial charge >= 0.3 is 0 Å². The predicted molar refractivity (Wildman–Crippen MR) is 91.3 cm³/mol. The molecule has 2 aromatic rings. The van der Waals surface area contributed by atoms with Crippen molar-refractivity contribution in [2.75, 3.05) is 19.2 Å². The van der Waals surface area contributed by atoms with Crippen LogP contribution in [0.4, 0.5) is 11.4 Å². The van der Waals surface area contributed by atoms with Crippen molar-refractivity contribution in [1.82, 2.24) is 0 Å². The third-order valence-corrected chi connectivity index (χ3v) is 3.85. The molecule has 22 heavy (non-hydrogen) atoms. The van der Waals surface area contributed by atoms with E-state index in [0.717, 1.165) is 45.1 Å². The van der Waals surface area contributed by atoms with Gasteiger partial charge < -0.3 is 9.47 Å². The van der Waals surface area contributed by atoms with Gasteiger partial charge in [-0.1, -0.05) is 0 Å². The fourth-order valence-electron chi connectivity index (χ4n) is 2.93. The Morgan fingerprint density at radius 3 is 1.18 bits per heavy atom. The first kappa shape index (κ1) is 16.2. The van der Waals surface area contributed by atoms with E-state index in [1.807, 2.05) is 52.0 Å². The van der Waals surface area contributed by atoms with E-state index in [9.17, 15) is 0 Å². The normalized spacial score (nSPS) is 10.5. The molecule has 0 bridgehead atoms. The molecule has 118 valence electrons. The quantitative estimate of drug-likeness (QED) is 0.686. The number of nitrogens with two attached hydrogens (primary N) is 1. The van der Waals surface area contributed by atoms with E-state index in [2.05, 4.69) is 0 Å². The van der Waals surface area contributed by atoms with E-state index in [1.165, 1.54) is 0 Å². The SMILES string of the molecule is COc1c(C)cc(N(N)c2cc(C)c(OC)c(C)c2)cc1C. The lowest BCUT2D eigenvalue weighted by molar-refractivity contribution is 0.408. The molecule has 0 fully saturated rings. The second-order valence-electron chi connectivity index (χ2n) is 5.60. The van der Waals surface area contributed by atoms with Crippen LogP contribution in [0, 0.1) is 27.7 Å². The van der Waals surface area contributed by atoms with Crippen molar-refractivity contribution in [2.24, 2.45) is 5.84 Å². The average molecular weight is 300 g/mol. The number of ether oxygens (including phenoxy) is 2. The topological polar surface area (TPSA) is 47.7 Å². The molecule has 4 heteroatoms. The summed E-state index contributed by atoms with van der Waals surface area (Å²) in [6.07, 6.45) is 0. The first-order chi connectivity index (χ1) is 10.4. The average Bonchev–Trinajstić information content (AvgIpc) is 2.45. The number of methoxy groups -OCH3 is 2. The predicted octanol–water partition coefficient (Wildman–Crippen LogP) is 3.95. The molecule has 0 spiro atoms. The van der Waals surface area contributed by atoms with E-state index in [1.54, 1.807) is 19.2 Å². The van der Waals surface area contributed by atoms with Crippen molar-refractivity contribution in [3.05, 3.63) is 46.5 Å². The molecule has 0 aliphatic carbocycles. The molecule has 0 saturated carbocycles. The summed E-state index contributed by atoms with van der Waals surface area (Å²) in [6.45, 7) is 8.09. The summed E-state index contributed by atoms with van der Waals surface area (Å²) in [5, 5.41) is 1.69. The van der Waals surface area contributed by atoms with Gasteiger partial charge in [-0.15, -0.1) is 0 Å². The van der Waals surface area contributed by atoms with Crippen molar-refractivity contribution in [3.63, 3.8) is 0 Å². The minimum absolute atomic E-state index is 0.902. The van der Waals surface area contributed by atoms with Crippen LogP contribution >= 0.6 is 0 Å². The molecule has 0 aromatic heterocycles. The molecule has 0 saturated heterocycles. The maximum absolute atomic E-state index is 6.33. The molecule has 0 amide bonds. The van der Waals surface area contributed by atoms with Gasteiger partial charge in [-0.3, -0.25) is 5.01 Å². The molecule has 0 aliphatic rings. The summed E-state index contributed by atoms with van der Waals surface area (Å²) in [4.78, 5) is 0. The van der Waals surface area contributed by atoms with E-state index in [0.29, 0.717) is 0 Å². The van der Waals surface area contributed by atoms with Gasteiger partial charge in [0, 0.05) is 0 Å². The Morgan fingerprint density at radius 1 is 0.682 bits per heavy atom. The van der Waals surface area contributed by atoms with E-state index in [-0.39, 0.29) is 0 Å². The summed E-state index contributed by atoms with van der Waals surface area (Å²) >= 11 is 0. The Bertz CT molecular complexity index is 590. The van der Waals surface area contributed by atoms with E-state index in [4.69, 9.17) is 15.3 Å². The van der Waals surface area contributed by atoms with Crippen LogP contribution in [0.5, 0.6) is 11.5 Å². The van der Waals surface area contributed by atoms with Crippen LogP contribution in [0.1, 0.15) is 22.3 Å². The van der Waals surface area contributed by atoms with Crippen molar-refractivity contribution in [2.45, 2.75) is 27.7 Å². The summed E-state index contributed by atoms with van der Waals surface area (Å²) in [6, 6.07) is 8.11. The molecule has 0 unspecified atom stereocenters. The molecule has 0 atom stereocenters. The number of rotatable bonds is 4. The van der Waals surface area contributed by atoms with Crippen molar-refractivity contribution in [3.8, 4) is 11.5 Å². The van der Waals surface area contributed by atoms with Crippen LogP contribution in [0.3, 0.4) is 0 Å². The van der Waals surface area contributed by atoms with Crippen LogP contribution in [0.25, 0.3) is 0 Å². The lowest BCUT2D eigenvalue weighted by Crippen LogP contribution is -2.25. The number of aryl methyl sites for hydroxylation is 4. The first-order valence-corrected chi connectivity index (χ1v) is 7.24. The van der Waals surface area contributed by atoms with Crippen LogP contribution in [-0.4, -0.2) is 14.2 Å². The molecule has 2 aromatic carbocycles. The maximum Gasteiger partial charge on any atom is 0.124 e. The molecule has 2 N–H and O–H groups in total. The van der Waals surface area contributed by atoms with Gasteiger partial charge in [-0.25, -0.2) is 5.84 Å². The number of hydrogen-bond acceptors (Lipinski definition) is 4. The van der Waals surface area contributed by atoms with Gasteiger partial charge in [0.05, 0.1) is 25.6 Å². The van der Waals surface area contributed by atoms with Crippen LogP contribution < -0.4 is 20.3 Å². The summed E-state index contributed by atoms with van der Waals surface area (Å²) in [5.74, 6) is 8.13. The van der Waals surface area contributed by atoms with Gasteiger partial charge in [-0.05, 0) is 74.2 Å². The second-order valence-corrected chi connectivity index (χ2v) is 5.60. The van der Waals surface area contributed by atoms with Gasteiger partial charge in [-0.2, -0.15) is 0 Å². The van der Waals surface area contributed by atoms with Gasteiger partial charge in [0.2, 0.25) is 0 Å². The van der Waals surface area contributed by atoms with Crippen LogP contribution in [-0.2, 0) is 0 Å². The Labute approximate surface area is 132 Å². The highest BCUT2D eigenvalue weighted by atomic mass is 16.5. The number of benzene rings is 2. The number of hydrogen-bond donors (Lipinski definition) is 1. The van der Waals surface area contributed by atoms with E-state index < -0.39 is 0 Å². The molecular formula is C18H24N2O2. The summed E-state index contributed by atoms with van der Waals surface area (Å²) < 4.78 is 10.8. The molecule has 2 rings (SSSR count). The largest absolute Gasteiger partial charge is 0.496 e. The summed E-state index contributed by atoms with van der Waals surface area (Å²) in [5.41, 5.74) is 6.12. The number of hydrazine groups is 1. The number of anilines is 2. The van der Waals surface area contributed by atoms with E-state index >= 15 is 0 Å². The highest BCUT2D eigenvalue weighted by molar-refractivity contribution is 5.67. The molecule has 0 radical (unpaired) electrons. The maximum atomic E-state index is 6.33. The minimum Gasteiger partial charge on any atom is -0.496 e. The smallest absolute Gasteiger partial charge is 0.124 e. The Morgan fingerprint density at radius 2 is 0.955 bits per heavy atom. The monoisotopic (exact) mass is 300 g/mol. The van der Waals surface area contributed by atoms with Crippen molar-refractivity contribution >= 4 is 11.4 Å². The third kappa shape index (κ3) is 2.88. The first-order valence-electron chi connectivity index (χ1n) is 7.24. The lowest BCUT2D eigenvalue weighted by atomic mass is 10.1. The van der Waals surface area contributed by atoms with Crippen LogP contribution in [0.2, 0.25) is 0 Å². The fourth-order valence-corrected chi connectivity index (χ4v) is 2.93. The van der Waals surface area contributed by atoms with Gasteiger partial charge in [0.1, 0.15) is 11.5 Å². The zero-order valence-electron chi connectivity index (χ0n) is 14.2. The summed E-state index contributed by atoms with van der Waals surface area (Å²) in [7, 11) is 3.37. The zero-order chi connectivity index (χ0) is 16.4. The molecule has 0 heterocycles. The standard InChI is InChI=1S/C18H24N2O2/c1-11-7-15(8-12(2)17(11)21-5)20(19)16-9-13(3)18(22-6)14(4)10-16/h7-10H,19H2,1-6H3. The molecular weight excluding hydrogens is 276 g/mol. The Balaban J connectivity index is 2.46. The Hall–Kier alpha value is -2.20. The number of nitrogens with zero attached hydrogens (tertiary/aromatic N) is 1. The fraction of sp³-hybridized carbons (Fsp3) is 0.333. The highest BCUT2D eigenvalue weighted by Gasteiger charge is 2.13. The van der Waals surface area contributed by atoms with Gasteiger partial charge in [0.15, 0.2) is 0 Å². The third-order valence-electron chi connectivity index (χ3n) is 3.85.